The van der Waals surface area contributed by atoms with Crippen molar-refractivity contribution in [3.63, 3.8) is 0 Å². The van der Waals surface area contributed by atoms with Gasteiger partial charge < -0.3 is 5.73 Å². The Labute approximate surface area is 106 Å². The summed E-state index contributed by atoms with van der Waals surface area (Å²) in [7, 11) is 0. The van der Waals surface area contributed by atoms with Gasteiger partial charge in [-0.15, -0.1) is 0 Å². The van der Waals surface area contributed by atoms with E-state index in [9.17, 15) is 0 Å². The van der Waals surface area contributed by atoms with Gasteiger partial charge in [-0.3, -0.25) is 10.1 Å². The quantitative estimate of drug-likeness (QED) is 0.847. The van der Waals surface area contributed by atoms with Gasteiger partial charge in [-0.25, -0.2) is 0 Å². The van der Waals surface area contributed by atoms with Crippen molar-refractivity contribution in [3.05, 3.63) is 30.2 Å². The highest BCUT2D eigenvalue weighted by atomic mass is 15.2. The third-order valence-corrected chi connectivity index (χ3v) is 4.42. The molecule has 0 spiro atoms. The van der Waals surface area contributed by atoms with Crippen LogP contribution >= 0.6 is 0 Å². The largest absolute Gasteiger partial charge is 0.382 e. The average Bonchev–Trinajstić information content (AvgIpc) is 2.85. The number of aromatic amines is 1. The maximum absolute atomic E-state index is 6.02. The summed E-state index contributed by atoms with van der Waals surface area (Å²) in [5, 5.41) is 7.36. The van der Waals surface area contributed by atoms with Crippen LogP contribution in [-0.2, 0) is 0 Å². The Hall–Kier alpha value is -1.84. The van der Waals surface area contributed by atoms with Gasteiger partial charge in [0.15, 0.2) is 5.82 Å². The Morgan fingerprint density at radius 1 is 1.22 bits per heavy atom. The number of nitrogen functional groups attached to an aromatic ring is 1. The van der Waals surface area contributed by atoms with E-state index in [0.717, 1.165) is 23.0 Å². The lowest BCUT2D eigenvalue weighted by molar-refractivity contribution is 0.607. The minimum atomic E-state index is 0.596. The van der Waals surface area contributed by atoms with Crippen molar-refractivity contribution in [2.75, 3.05) is 5.73 Å². The molecule has 2 aromatic heterocycles. The number of hydrogen-bond donors (Lipinski definition) is 2. The minimum absolute atomic E-state index is 0.596. The standard InChI is InChI=1S/C14H16N4/c15-14-12(8-2-1-3-16-7-8)13(17-18-14)11-5-9-4-10(9)6-11/h1-3,7,9-11H,4-6H2,(H3,15,17,18). The predicted molar refractivity (Wildman–Crippen MR) is 69.8 cm³/mol. The topological polar surface area (TPSA) is 67.6 Å². The summed E-state index contributed by atoms with van der Waals surface area (Å²) >= 11 is 0. The zero-order chi connectivity index (χ0) is 12.1. The van der Waals surface area contributed by atoms with E-state index in [4.69, 9.17) is 5.73 Å². The monoisotopic (exact) mass is 240 g/mol. The van der Waals surface area contributed by atoms with Gasteiger partial charge in [0.1, 0.15) is 0 Å². The van der Waals surface area contributed by atoms with Crippen molar-refractivity contribution in [1.82, 2.24) is 15.2 Å². The summed E-state index contributed by atoms with van der Waals surface area (Å²) < 4.78 is 0. The fourth-order valence-electron chi connectivity index (χ4n) is 3.43. The first kappa shape index (κ1) is 10.1. The van der Waals surface area contributed by atoms with Crippen LogP contribution < -0.4 is 5.73 Å². The molecule has 2 saturated carbocycles. The number of aromatic nitrogens is 3. The van der Waals surface area contributed by atoms with Crippen LogP contribution in [0.2, 0.25) is 0 Å². The summed E-state index contributed by atoms with van der Waals surface area (Å²) in [6.45, 7) is 0. The molecule has 0 radical (unpaired) electrons. The predicted octanol–water partition coefficient (Wildman–Crippen LogP) is 2.57. The SMILES string of the molecule is Nc1n[nH]c(C2CC3CC3C2)c1-c1cccnc1. The Kier molecular flexibility index (Phi) is 2.01. The number of hydrogen-bond acceptors (Lipinski definition) is 3. The van der Waals surface area contributed by atoms with Crippen LogP contribution in [0.4, 0.5) is 5.82 Å². The fraction of sp³-hybridized carbons (Fsp3) is 0.429. The lowest BCUT2D eigenvalue weighted by atomic mass is 9.94. The molecule has 0 aromatic carbocycles. The number of nitrogens with two attached hydrogens (primary N) is 1. The molecule has 0 aliphatic heterocycles. The van der Waals surface area contributed by atoms with E-state index in [1.807, 2.05) is 18.3 Å². The molecule has 0 bridgehead atoms. The maximum atomic E-state index is 6.02. The third-order valence-electron chi connectivity index (χ3n) is 4.42. The number of nitrogens with zero attached hydrogens (tertiary/aromatic N) is 2. The molecule has 2 heterocycles. The van der Waals surface area contributed by atoms with E-state index in [1.165, 1.54) is 25.0 Å². The van der Waals surface area contributed by atoms with Gasteiger partial charge >= 0.3 is 0 Å². The van der Waals surface area contributed by atoms with E-state index in [-0.39, 0.29) is 0 Å². The van der Waals surface area contributed by atoms with E-state index in [1.54, 1.807) is 6.20 Å². The van der Waals surface area contributed by atoms with Gasteiger partial charge in [0, 0.05) is 35.1 Å². The Morgan fingerprint density at radius 3 is 2.78 bits per heavy atom. The second-order valence-electron chi connectivity index (χ2n) is 5.56. The molecule has 2 aliphatic rings. The van der Waals surface area contributed by atoms with Crippen molar-refractivity contribution < 1.29 is 0 Å². The molecule has 3 N–H and O–H groups in total. The first-order chi connectivity index (χ1) is 8.83. The number of nitrogens with one attached hydrogen (secondary N) is 1. The smallest absolute Gasteiger partial charge is 0.153 e. The molecule has 92 valence electrons. The number of H-pyrrole nitrogens is 1. The van der Waals surface area contributed by atoms with Crippen molar-refractivity contribution in [2.24, 2.45) is 11.8 Å². The van der Waals surface area contributed by atoms with Gasteiger partial charge in [0.2, 0.25) is 0 Å². The molecule has 2 unspecified atom stereocenters. The first-order valence-electron chi connectivity index (χ1n) is 6.57. The van der Waals surface area contributed by atoms with Gasteiger partial charge in [0.05, 0.1) is 0 Å². The van der Waals surface area contributed by atoms with E-state index in [2.05, 4.69) is 15.2 Å². The van der Waals surface area contributed by atoms with E-state index >= 15 is 0 Å². The van der Waals surface area contributed by atoms with Crippen LogP contribution in [0.1, 0.15) is 30.9 Å². The molecule has 4 heteroatoms. The zero-order valence-corrected chi connectivity index (χ0v) is 10.1. The van der Waals surface area contributed by atoms with Crippen molar-refractivity contribution in [1.29, 1.82) is 0 Å². The molecule has 2 aromatic rings. The fourth-order valence-corrected chi connectivity index (χ4v) is 3.43. The Bertz CT molecular complexity index is 565. The molecular formula is C14H16N4. The lowest BCUT2D eigenvalue weighted by Crippen LogP contribution is -1.99. The van der Waals surface area contributed by atoms with Crippen LogP contribution in [0.25, 0.3) is 11.1 Å². The number of fused-ring (bicyclic) bond motifs is 1. The first-order valence-corrected chi connectivity index (χ1v) is 6.57. The number of anilines is 1. The highest BCUT2D eigenvalue weighted by Gasteiger charge is 2.47. The zero-order valence-electron chi connectivity index (χ0n) is 10.1. The summed E-state index contributed by atoms with van der Waals surface area (Å²) in [5.74, 6) is 3.12. The highest BCUT2D eigenvalue weighted by Crippen LogP contribution is 2.58. The van der Waals surface area contributed by atoms with Gasteiger partial charge in [-0.1, -0.05) is 6.07 Å². The summed E-state index contributed by atoms with van der Waals surface area (Å²) in [6.07, 6.45) is 7.66. The molecule has 4 nitrogen and oxygen atoms in total. The molecule has 2 aliphatic carbocycles. The molecular weight excluding hydrogens is 224 g/mol. The maximum Gasteiger partial charge on any atom is 0.153 e. The molecule has 2 fully saturated rings. The van der Waals surface area contributed by atoms with Crippen LogP contribution in [0, 0.1) is 11.8 Å². The van der Waals surface area contributed by atoms with Crippen LogP contribution in [0.5, 0.6) is 0 Å². The van der Waals surface area contributed by atoms with E-state index in [0.29, 0.717) is 11.7 Å². The van der Waals surface area contributed by atoms with Crippen LogP contribution in [0.3, 0.4) is 0 Å². The van der Waals surface area contributed by atoms with E-state index < -0.39 is 0 Å². The Balaban J connectivity index is 1.76. The molecule has 4 rings (SSSR count). The van der Waals surface area contributed by atoms with Gasteiger partial charge in [-0.2, -0.15) is 5.10 Å². The van der Waals surface area contributed by atoms with Gasteiger partial charge in [-0.05, 0) is 37.2 Å². The molecule has 0 amide bonds. The lowest BCUT2D eigenvalue weighted by Gasteiger charge is -2.12. The normalized spacial score (nSPS) is 29.2. The second-order valence-corrected chi connectivity index (χ2v) is 5.56. The molecule has 2 atom stereocenters. The van der Waals surface area contributed by atoms with Crippen molar-refractivity contribution in [3.8, 4) is 11.1 Å². The molecule has 0 saturated heterocycles. The third kappa shape index (κ3) is 1.45. The Morgan fingerprint density at radius 2 is 2.06 bits per heavy atom. The van der Waals surface area contributed by atoms with Crippen molar-refractivity contribution in [2.45, 2.75) is 25.2 Å². The minimum Gasteiger partial charge on any atom is -0.382 e. The van der Waals surface area contributed by atoms with Crippen LogP contribution in [0.15, 0.2) is 24.5 Å². The van der Waals surface area contributed by atoms with Crippen molar-refractivity contribution >= 4 is 5.82 Å². The number of rotatable bonds is 2. The molecule has 18 heavy (non-hydrogen) atoms. The van der Waals surface area contributed by atoms with Crippen LogP contribution in [-0.4, -0.2) is 15.2 Å². The summed E-state index contributed by atoms with van der Waals surface area (Å²) in [6, 6.07) is 3.99. The summed E-state index contributed by atoms with van der Waals surface area (Å²) in [5.41, 5.74) is 9.37. The highest BCUT2D eigenvalue weighted by molar-refractivity contribution is 5.76. The number of pyridine rings is 1. The second kappa shape index (κ2) is 3.57. The van der Waals surface area contributed by atoms with Gasteiger partial charge in [0.25, 0.3) is 0 Å². The average molecular weight is 240 g/mol. The summed E-state index contributed by atoms with van der Waals surface area (Å²) in [4.78, 5) is 4.18.